The van der Waals surface area contributed by atoms with Crippen LogP contribution in [0, 0.1) is 6.92 Å². The molecule has 0 radical (unpaired) electrons. The zero-order chi connectivity index (χ0) is 21.5. The van der Waals surface area contributed by atoms with Gasteiger partial charge in [0.15, 0.2) is 0 Å². The SMILES string of the molecule is Cc1ccc(CCCC(=O)Nc2ccc(N3CCN(c4ccccc4)CC3)nc2)cc1. The van der Waals surface area contributed by atoms with E-state index in [4.69, 9.17) is 0 Å². The first kappa shape index (κ1) is 20.9. The minimum absolute atomic E-state index is 0.0399. The van der Waals surface area contributed by atoms with Gasteiger partial charge in [0.25, 0.3) is 0 Å². The summed E-state index contributed by atoms with van der Waals surface area (Å²) in [4.78, 5) is 21.5. The molecule has 0 spiro atoms. The molecule has 1 amide bonds. The minimum Gasteiger partial charge on any atom is -0.368 e. The first-order valence-electron chi connectivity index (χ1n) is 11.0. The number of carbonyl (C=O) groups excluding carboxylic acids is 1. The highest BCUT2D eigenvalue weighted by atomic mass is 16.1. The Morgan fingerprint density at radius 1 is 0.903 bits per heavy atom. The highest BCUT2D eigenvalue weighted by Gasteiger charge is 2.18. The summed E-state index contributed by atoms with van der Waals surface area (Å²) in [5, 5.41) is 2.97. The smallest absolute Gasteiger partial charge is 0.224 e. The van der Waals surface area contributed by atoms with Crippen molar-refractivity contribution in [2.75, 3.05) is 41.3 Å². The van der Waals surface area contributed by atoms with Crippen molar-refractivity contribution in [2.24, 2.45) is 0 Å². The normalized spacial score (nSPS) is 13.8. The van der Waals surface area contributed by atoms with Gasteiger partial charge in [0.1, 0.15) is 5.82 Å². The molecule has 5 nitrogen and oxygen atoms in total. The van der Waals surface area contributed by atoms with Crippen molar-refractivity contribution in [3.63, 3.8) is 0 Å². The van der Waals surface area contributed by atoms with Crippen LogP contribution in [0.1, 0.15) is 24.0 Å². The van der Waals surface area contributed by atoms with Crippen molar-refractivity contribution in [3.8, 4) is 0 Å². The lowest BCUT2D eigenvalue weighted by molar-refractivity contribution is -0.116. The zero-order valence-corrected chi connectivity index (χ0v) is 18.1. The number of rotatable bonds is 7. The van der Waals surface area contributed by atoms with Crippen LogP contribution >= 0.6 is 0 Å². The fraction of sp³-hybridized carbons (Fsp3) is 0.308. The molecule has 2 aromatic carbocycles. The first-order chi connectivity index (χ1) is 15.2. The summed E-state index contributed by atoms with van der Waals surface area (Å²) in [5.41, 5.74) is 4.56. The third-order valence-corrected chi connectivity index (χ3v) is 5.75. The van der Waals surface area contributed by atoms with Gasteiger partial charge in [0, 0.05) is 38.3 Å². The summed E-state index contributed by atoms with van der Waals surface area (Å²) in [6.07, 6.45) is 4.03. The number of benzene rings is 2. The maximum absolute atomic E-state index is 12.3. The number of amides is 1. The van der Waals surface area contributed by atoms with Gasteiger partial charge >= 0.3 is 0 Å². The summed E-state index contributed by atoms with van der Waals surface area (Å²) in [6, 6.07) is 23.0. The molecule has 0 saturated carbocycles. The molecule has 1 fully saturated rings. The van der Waals surface area contributed by atoms with Gasteiger partial charge < -0.3 is 15.1 Å². The lowest BCUT2D eigenvalue weighted by atomic mass is 10.1. The molecule has 1 saturated heterocycles. The van der Waals surface area contributed by atoms with Crippen LogP contribution < -0.4 is 15.1 Å². The fourth-order valence-electron chi connectivity index (χ4n) is 3.91. The Bertz CT molecular complexity index is 963. The van der Waals surface area contributed by atoms with E-state index in [1.165, 1.54) is 16.8 Å². The third kappa shape index (κ3) is 5.85. The summed E-state index contributed by atoms with van der Waals surface area (Å²) >= 11 is 0. The number of nitrogens with zero attached hydrogens (tertiary/aromatic N) is 3. The van der Waals surface area contributed by atoms with E-state index >= 15 is 0 Å². The second-order valence-electron chi connectivity index (χ2n) is 8.10. The number of aryl methyl sites for hydroxylation is 2. The highest BCUT2D eigenvalue weighted by molar-refractivity contribution is 5.90. The van der Waals surface area contributed by atoms with Crippen molar-refractivity contribution < 1.29 is 4.79 Å². The van der Waals surface area contributed by atoms with Crippen LogP contribution in [0.2, 0.25) is 0 Å². The predicted molar refractivity (Wildman–Crippen MR) is 128 cm³/mol. The van der Waals surface area contributed by atoms with Crippen LogP contribution in [0.5, 0.6) is 0 Å². The topological polar surface area (TPSA) is 48.5 Å². The van der Waals surface area contributed by atoms with Crippen LogP contribution in [-0.4, -0.2) is 37.1 Å². The molecule has 1 aliphatic heterocycles. The van der Waals surface area contributed by atoms with Crippen molar-refractivity contribution in [1.29, 1.82) is 0 Å². The van der Waals surface area contributed by atoms with E-state index in [-0.39, 0.29) is 5.91 Å². The van der Waals surface area contributed by atoms with Crippen LogP contribution in [0.15, 0.2) is 72.9 Å². The van der Waals surface area contributed by atoms with Gasteiger partial charge in [-0.25, -0.2) is 4.98 Å². The van der Waals surface area contributed by atoms with Crippen LogP contribution in [0.25, 0.3) is 0 Å². The maximum Gasteiger partial charge on any atom is 0.224 e. The van der Waals surface area contributed by atoms with E-state index in [2.05, 4.69) is 75.6 Å². The van der Waals surface area contributed by atoms with Crippen LogP contribution in [0.4, 0.5) is 17.2 Å². The zero-order valence-electron chi connectivity index (χ0n) is 18.1. The molecule has 5 heteroatoms. The number of piperazine rings is 1. The van der Waals surface area contributed by atoms with Gasteiger partial charge in [-0.15, -0.1) is 0 Å². The number of carbonyl (C=O) groups is 1. The van der Waals surface area contributed by atoms with E-state index in [0.717, 1.165) is 50.5 Å². The number of anilines is 3. The Balaban J connectivity index is 1.22. The number of hydrogen-bond acceptors (Lipinski definition) is 4. The quantitative estimate of drug-likeness (QED) is 0.610. The molecule has 0 unspecified atom stereocenters. The Labute approximate surface area is 184 Å². The molecule has 160 valence electrons. The van der Waals surface area contributed by atoms with Gasteiger partial charge in [0.05, 0.1) is 11.9 Å². The van der Waals surface area contributed by atoms with E-state index < -0.39 is 0 Å². The molecule has 1 N–H and O–H groups in total. The molecule has 31 heavy (non-hydrogen) atoms. The van der Waals surface area contributed by atoms with Crippen LogP contribution in [-0.2, 0) is 11.2 Å². The molecule has 4 rings (SSSR count). The predicted octanol–water partition coefficient (Wildman–Crippen LogP) is 4.68. The Morgan fingerprint density at radius 2 is 1.61 bits per heavy atom. The number of aromatic nitrogens is 1. The van der Waals surface area contributed by atoms with Crippen molar-refractivity contribution in [2.45, 2.75) is 26.2 Å². The Kier molecular flexibility index (Phi) is 6.82. The highest BCUT2D eigenvalue weighted by Crippen LogP contribution is 2.20. The van der Waals surface area contributed by atoms with Gasteiger partial charge in [-0.1, -0.05) is 48.0 Å². The molecule has 3 aromatic rings. The Hall–Kier alpha value is -3.34. The maximum atomic E-state index is 12.3. The van der Waals surface area contributed by atoms with Crippen LogP contribution in [0.3, 0.4) is 0 Å². The molecule has 0 atom stereocenters. The van der Waals surface area contributed by atoms with E-state index in [1.807, 2.05) is 18.2 Å². The van der Waals surface area contributed by atoms with Gasteiger partial charge in [-0.3, -0.25) is 4.79 Å². The summed E-state index contributed by atoms with van der Waals surface area (Å²) in [5.74, 6) is 1.00. The summed E-state index contributed by atoms with van der Waals surface area (Å²) in [6.45, 7) is 5.91. The molecule has 1 aromatic heterocycles. The molecule has 1 aliphatic rings. The molecule has 2 heterocycles. The van der Waals surface area contributed by atoms with Crippen molar-refractivity contribution in [3.05, 3.63) is 84.1 Å². The second-order valence-corrected chi connectivity index (χ2v) is 8.10. The molecular formula is C26H30N4O. The number of hydrogen-bond donors (Lipinski definition) is 1. The third-order valence-electron chi connectivity index (χ3n) is 5.75. The number of nitrogens with one attached hydrogen (secondary N) is 1. The number of para-hydroxylation sites is 1. The fourth-order valence-corrected chi connectivity index (χ4v) is 3.91. The lowest BCUT2D eigenvalue weighted by Gasteiger charge is -2.36. The second kappa shape index (κ2) is 10.1. The molecule has 0 aliphatic carbocycles. The standard InChI is InChI=1S/C26H30N4O/c1-21-10-12-22(13-11-21)6-5-9-26(31)28-23-14-15-25(27-20-23)30-18-16-29(17-19-30)24-7-3-2-4-8-24/h2-4,7-8,10-15,20H,5-6,9,16-19H2,1H3,(H,28,31). The Morgan fingerprint density at radius 3 is 2.29 bits per heavy atom. The average molecular weight is 415 g/mol. The van der Waals surface area contributed by atoms with Gasteiger partial charge in [-0.05, 0) is 49.6 Å². The van der Waals surface area contributed by atoms with Crippen molar-refractivity contribution in [1.82, 2.24) is 4.98 Å². The molecular weight excluding hydrogens is 384 g/mol. The van der Waals surface area contributed by atoms with Gasteiger partial charge in [-0.2, -0.15) is 0 Å². The van der Waals surface area contributed by atoms with E-state index in [1.54, 1.807) is 6.20 Å². The molecule has 0 bridgehead atoms. The van der Waals surface area contributed by atoms with E-state index in [0.29, 0.717) is 6.42 Å². The summed E-state index contributed by atoms with van der Waals surface area (Å²) < 4.78 is 0. The lowest BCUT2D eigenvalue weighted by Crippen LogP contribution is -2.46. The van der Waals surface area contributed by atoms with Crippen molar-refractivity contribution >= 4 is 23.1 Å². The minimum atomic E-state index is 0.0399. The first-order valence-corrected chi connectivity index (χ1v) is 11.0. The van der Waals surface area contributed by atoms with Gasteiger partial charge in [0.2, 0.25) is 5.91 Å². The summed E-state index contributed by atoms with van der Waals surface area (Å²) in [7, 11) is 0. The average Bonchev–Trinajstić information content (AvgIpc) is 2.82. The van der Waals surface area contributed by atoms with E-state index in [9.17, 15) is 4.79 Å². The number of pyridine rings is 1. The largest absolute Gasteiger partial charge is 0.368 e. The monoisotopic (exact) mass is 414 g/mol.